The lowest BCUT2D eigenvalue weighted by Crippen LogP contribution is -1.84. The van der Waals surface area contributed by atoms with E-state index in [4.69, 9.17) is 0 Å². The highest BCUT2D eigenvalue weighted by Crippen LogP contribution is 2.26. The minimum absolute atomic E-state index is 1.02. The Morgan fingerprint density at radius 3 is 2.69 bits per heavy atom. The van der Waals surface area contributed by atoms with E-state index in [1.165, 1.54) is 0 Å². The van der Waals surface area contributed by atoms with Crippen LogP contribution in [0, 0.1) is 6.92 Å². The summed E-state index contributed by atoms with van der Waals surface area (Å²) < 4.78 is 2.17. The largest absolute Gasteiger partial charge is 0.253 e. The van der Waals surface area contributed by atoms with Crippen LogP contribution in [0.5, 0.6) is 0 Å². The van der Waals surface area contributed by atoms with E-state index in [2.05, 4.69) is 42.9 Å². The number of aromatic nitrogens is 1. The van der Waals surface area contributed by atoms with Gasteiger partial charge < -0.3 is 0 Å². The van der Waals surface area contributed by atoms with E-state index in [9.17, 15) is 0 Å². The number of fused-ring (bicyclic) bond motifs is 1. The normalized spacial score (nSPS) is 10.7. The van der Waals surface area contributed by atoms with Crippen molar-refractivity contribution in [2.45, 2.75) is 6.92 Å². The molecule has 0 unspecified atom stereocenters. The van der Waals surface area contributed by atoms with Gasteiger partial charge >= 0.3 is 0 Å². The third-order valence-electron chi connectivity index (χ3n) is 1.85. The summed E-state index contributed by atoms with van der Waals surface area (Å²) in [7, 11) is 0. The highest BCUT2D eigenvalue weighted by molar-refractivity contribution is 9.11. The molecular weight excluding hydrogens is 294 g/mol. The molecule has 0 aliphatic rings. The summed E-state index contributed by atoms with van der Waals surface area (Å²) in [5.41, 5.74) is 2.05. The van der Waals surface area contributed by atoms with Crippen molar-refractivity contribution in [2.24, 2.45) is 0 Å². The van der Waals surface area contributed by atoms with Crippen molar-refractivity contribution < 1.29 is 0 Å². The molecule has 13 heavy (non-hydrogen) atoms. The van der Waals surface area contributed by atoms with Crippen molar-refractivity contribution in [3.8, 4) is 0 Å². The topological polar surface area (TPSA) is 12.9 Å². The molecule has 0 amide bonds. The second-order valence-electron chi connectivity index (χ2n) is 2.91. The molecule has 1 nitrogen and oxygen atoms in total. The number of halogens is 2. The lowest BCUT2D eigenvalue weighted by molar-refractivity contribution is 1.25. The standard InChI is InChI=1S/C10H7Br2N/c1-6-4-9(12)8-5-7(11)2-3-10(8)13-6/h2-5H,1H3. The van der Waals surface area contributed by atoms with Crippen molar-refractivity contribution in [2.75, 3.05) is 0 Å². The number of nitrogens with zero attached hydrogens (tertiary/aromatic N) is 1. The van der Waals surface area contributed by atoms with Gasteiger partial charge in [-0.15, -0.1) is 0 Å². The lowest BCUT2D eigenvalue weighted by atomic mass is 10.2. The maximum Gasteiger partial charge on any atom is 0.0717 e. The monoisotopic (exact) mass is 299 g/mol. The molecule has 0 saturated heterocycles. The maximum atomic E-state index is 4.43. The first-order valence-corrected chi connectivity index (χ1v) is 5.48. The fourth-order valence-corrected chi connectivity index (χ4v) is 2.29. The number of aryl methyl sites for hydroxylation is 1. The van der Waals surface area contributed by atoms with Crippen LogP contribution in [0.25, 0.3) is 10.9 Å². The molecule has 0 aliphatic heterocycles. The van der Waals surface area contributed by atoms with E-state index in [1.54, 1.807) is 0 Å². The highest BCUT2D eigenvalue weighted by atomic mass is 79.9. The Labute approximate surface area is 93.4 Å². The van der Waals surface area contributed by atoms with E-state index < -0.39 is 0 Å². The second-order valence-corrected chi connectivity index (χ2v) is 4.68. The third kappa shape index (κ3) is 1.76. The van der Waals surface area contributed by atoms with Crippen LogP contribution in [-0.2, 0) is 0 Å². The Balaban J connectivity index is 2.87. The van der Waals surface area contributed by atoms with Gasteiger partial charge in [-0.25, -0.2) is 0 Å². The van der Waals surface area contributed by atoms with Gasteiger partial charge in [0, 0.05) is 20.0 Å². The van der Waals surface area contributed by atoms with Gasteiger partial charge in [0.05, 0.1) is 5.52 Å². The maximum absolute atomic E-state index is 4.43. The van der Waals surface area contributed by atoms with Crippen LogP contribution < -0.4 is 0 Å². The summed E-state index contributed by atoms with van der Waals surface area (Å²) >= 11 is 6.96. The molecule has 1 aromatic heterocycles. The quantitative estimate of drug-likeness (QED) is 0.715. The van der Waals surface area contributed by atoms with Gasteiger partial charge in [-0.2, -0.15) is 0 Å². The molecule has 1 aromatic carbocycles. The number of hydrogen-bond donors (Lipinski definition) is 0. The molecule has 2 rings (SSSR count). The van der Waals surface area contributed by atoms with Crippen LogP contribution >= 0.6 is 31.9 Å². The van der Waals surface area contributed by atoms with E-state index in [0.29, 0.717) is 0 Å². The SMILES string of the molecule is Cc1cc(Br)c2cc(Br)ccc2n1. The Hall–Kier alpha value is -0.410. The first-order valence-electron chi connectivity index (χ1n) is 3.89. The first kappa shape index (κ1) is 9.16. The molecule has 0 saturated carbocycles. The van der Waals surface area contributed by atoms with E-state index in [-0.39, 0.29) is 0 Å². The predicted molar refractivity (Wildman–Crippen MR) is 61.9 cm³/mol. The molecule has 0 N–H and O–H groups in total. The van der Waals surface area contributed by atoms with Crippen molar-refractivity contribution in [1.29, 1.82) is 0 Å². The summed E-state index contributed by atoms with van der Waals surface area (Å²) in [5.74, 6) is 0. The van der Waals surface area contributed by atoms with Gasteiger partial charge in [0.2, 0.25) is 0 Å². The number of pyridine rings is 1. The van der Waals surface area contributed by atoms with Gasteiger partial charge in [-0.05, 0) is 31.2 Å². The van der Waals surface area contributed by atoms with Crippen molar-refractivity contribution in [3.05, 3.63) is 38.9 Å². The summed E-state index contributed by atoms with van der Waals surface area (Å²) in [5, 5.41) is 1.14. The molecule has 0 radical (unpaired) electrons. The number of benzene rings is 1. The van der Waals surface area contributed by atoms with E-state index in [0.717, 1.165) is 25.5 Å². The van der Waals surface area contributed by atoms with Crippen molar-refractivity contribution in [1.82, 2.24) is 4.98 Å². The zero-order valence-corrected chi connectivity index (χ0v) is 10.2. The zero-order valence-electron chi connectivity index (χ0n) is 7.01. The zero-order chi connectivity index (χ0) is 9.42. The van der Waals surface area contributed by atoms with Gasteiger partial charge in [0.25, 0.3) is 0 Å². The lowest BCUT2D eigenvalue weighted by Gasteiger charge is -2.02. The summed E-state index contributed by atoms with van der Waals surface area (Å²) in [6.45, 7) is 1.99. The van der Waals surface area contributed by atoms with E-state index >= 15 is 0 Å². The van der Waals surface area contributed by atoms with Crippen LogP contribution in [0.15, 0.2) is 33.2 Å². The Kier molecular flexibility index (Phi) is 2.39. The van der Waals surface area contributed by atoms with Crippen LogP contribution in [0.4, 0.5) is 0 Å². The molecular formula is C10H7Br2N. The van der Waals surface area contributed by atoms with Crippen LogP contribution in [-0.4, -0.2) is 4.98 Å². The molecule has 0 spiro atoms. The molecule has 2 aromatic rings. The minimum atomic E-state index is 1.02. The third-order valence-corrected chi connectivity index (χ3v) is 3.00. The highest BCUT2D eigenvalue weighted by Gasteiger charge is 2.01. The van der Waals surface area contributed by atoms with Gasteiger partial charge in [-0.1, -0.05) is 31.9 Å². The number of hydrogen-bond acceptors (Lipinski definition) is 1. The summed E-state index contributed by atoms with van der Waals surface area (Å²) in [4.78, 5) is 4.43. The Morgan fingerprint density at radius 2 is 1.92 bits per heavy atom. The van der Waals surface area contributed by atoms with Gasteiger partial charge in [-0.3, -0.25) is 4.98 Å². The molecule has 1 heterocycles. The smallest absolute Gasteiger partial charge is 0.0717 e. The first-order chi connectivity index (χ1) is 6.16. The van der Waals surface area contributed by atoms with Gasteiger partial charge in [0.1, 0.15) is 0 Å². The summed E-state index contributed by atoms with van der Waals surface area (Å²) in [6, 6.07) is 8.10. The molecule has 0 aliphatic carbocycles. The van der Waals surface area contributed by atoms with Crippen LogP contribution in [0.3, 0.4) is 0 Å². The molecule has 0 fully saturated rings. The van der Waals surface area contributed by atoms with Crippen molar-refractivity contribution in [3.63, 3.8) is 0 Å². The molecule has 0 bridgehead atoms. The summed E-state index contributed by atoms with van der Waals surface area (Å²) in [6.07, 6.45) is 0. The predicted octanol–water partition coefficient (Wildman–Crippen LogP) is 4.07. The Bertz CT molecular complexity index is 466. The second kappa shape index (κ2) is 3.39. The molecule has 0 atom stereocenters. The fraction of sp³-hybridized carbons (Fsp3) is 0.100. The average Bonchev–Trinajstić information content (AvgIpc) is 2.06. The van der Waals surface area contributed by atoms with Crippen LogP contribution in [0.1, 0.15) is 5.69 Å². The molecule has 3 heteroatoms. The fourth-order valence-electron chi connectivity index (χ4n) is 1.28. The minimum Gasteiger partial charge on any atom is -0.253 e. The van der Waals surface area contributed by atoms with Crippen molar-refractivity contribution >= 4 is 42.8 Å². The average molecular weight is 301 g/mol. The van der Waals surface area contributed by atoms with Crippen LogP contribution in [0.2, 0.25) is 0 Å². The number of rotatable bonds is 0. The van der Waals surface area contributed by atoms with E-state index in [1.807, 2.05) is 25.1 Å². The Morgan fingerprint density at radius 1 is 1.15 bits per heavy atom. The molecule has 66 valence electrons. The van der Waals surface area contributed by atoms with Gasteiger partial charge in [0.15, 0.2) is 0 Å².